The second kappa shape index (κ2) is 9.51. The number of Topliss-reactive ketones (excluding diaryl/α,β-unsaturated/α-hetero) is 1. The standard InChI is InChI=1S/C21H24FN5O3/c1-3-14(28)11-30-18-9-13(8-7-12(18)2)25-21-24-10-16(22)20(27-21)26-17-6-4-5-15(17)19(23)29/h7-10H,3-6,11H2,1-2H3,(H2,23,29)(H2,24,25,26,27). The highest BCUT2D eigenvalue weighted by molar-refractivity contribution is 5.93. The molecule has 9 heteroatoms. The fourth-order valence-electron chi connectivity index (χ4n) is 3.03. The van der Waals surface area contributed by atoms with Gasteiger partial charge in [0, 0.05) is 18.2 Å². The van der Waals surface area contributed by atoms with Crippen LogP contribution in [0.25, 0.3) is 0 Å². The lowest BCUT2D eigenvalue weighted by molar-refractivity contribution is -0.120. The molecule has 1 aromatic heterocycles. The van der Waals surface area contributed by atoms with Crippen LogP contribution in [0.5, 0.6) is 5.75 Å². The molecule has 1 saturated carbocycles. The average Bonchev–Trinajstić information content (AvgIpc) is 3.19. The minimum Gasteiger partial charge on any atom is -0.485 e. The number of hydrogen-bond donors (Lipinski definition) is 3. The Kier molecular flexibility index (Phi) is 6.81. The Morgan fingerprint density at radius 3 is 2.80 bits per heavy atom. The number of carbonyl (C=O) groups is 2. The van der Waals surface area contributed by atoms with E-state index < -0.39 is 11.7 Å². The van der Waals surface area contributed by atoms with Gasteiger partial charge in [-0.05, 0) is 37.8 Å². The van der Waals surface area contributed by atoms with Gasteiger partial charge in [-0.2, -0.15) is 4.98 Å². The zero-order valence-electron chi connectivity index (χ0n) is 16.9. The number of nitrogens with zero attached hydrogens (tertiary/aromatic N) is 2. The van der Waals surface area contributed by atoms with Crippen LogP contribution in [0.4, 0.5) is 21.8 Å². The van der Waals surface area contributed by atoms with E-state index in [9.17, 15) is 14.0 Å². The number of nitrogens with one attached hydrogen (secondary N) is 2. The number of carbonyl (C=O) groups excluding carboxylic acids is 2. The molecule has 8 nitrogen and oxygen atoms in total. The van der Waals surface area contributed by atoms with E-state index in [0.29, 0.717) is 42.7 Å². The van der Waals surface area contributed by atoms with Gasteiger partial charge in [0.25, 0.3) is 0 Å². The summed E-state index contributed by atoms with van der Waals surface area (Å²) in [5.74, 6) is -0.0139. The highest BCUT2D eigenvalue weighted by atomic mass is 19.1. The van der Waals surface area contributed by atoms with Gasteiger partial charge in [0.2, 0.25) is 11.9 Å². The van der Waals surface area contributed by atoms with Crippen molar-refractivity contribution in [2.24, 2.45) is 5.73 Å². The van der Waals surface area contributed by atoms with Gasteiger partial charge < -0.3 is 21.1 Å². The number of ether oxygens (including phenoxy) is 1. The Balaban J connectivity index is 1.73. The molecule has 1 aliphatic carbocycles. The Labute approximate surface area is 174 Å². The van der Waals surface area contributed by atoms with Crippen LogP contribution < -0.4 is 21.1 Å². The van der Waals surface area contributed by atoms with Crippen LogP contribution in [0, 0.1) is 24.7 Å². The van der Waals surface area contributed by atoms with Crippen LogP contribution in [0.2, 0.25) is 0 Å². The van der Waals surface area contributed by atoms with Crippen LogP contribution in [-0.2, 0) is 9.59 Å². The van der Waals surface area contributed by atoms with Crippen molar-refractivity contribution in [3.63, 3.8) is 0 Å². The molecule has 1 aliphatic rings. The molecule has 1 fully saturated rings. The molecule has 1 aromatic carbocycles. The molecular formula is C21H24FN5O3. The topological polar surface area (TPSA) is 119 Å². The van der Waals surface area contributed by atoms with Crippen LogP contribution in [-0.4, -0.2) is 28.3 Å². The molecular weight excluding hydrogens is 389 g/mol. The summed E-state index contributed by atoms with van der Waals surface area (Å²) in [7, 11) is 0. The molecule has 0 aliphatic heterocycles. The van der Waals surface area contributed by atoms with Crippen molar-refractivity contribution >= 4 is 29.1 Å². The number of aryl methyl sites for hydroxylation is 1. The van der Waals surface area contributed by atoms with Gasteiger partial charge in [0.05, 0.1) is 18.2 Å². The quantitative estimate of drug-likeness (QED) is 0.577. The molecule has 3 rings (SSSR count). The molecule has 158 valence electrons. The molecule has 0 spiro atoms. The molecule has 0 saturated heterocycles. The van der Waals surface area contributed by atoms with Gasteiger partial charge in [-0.1, -0.05) is 13.0 Å². The summed E-state index contributed by atoms with van der Waals surface area (Å²) in [4.78, 5) is 31.2. The second-order valence-electron chi connectivity index (χ2n) is 6.98. The number of amides is 1. The van der Waals surface area contributed by atoms with Gasteiger partial charge in [-0.25, -0.2) is 9.37 Å². The smallest absolute Gasteiger partial charge is 0.229 e. The predicted octanol–water partition coefficient (Wildman–Crippen LogP) is 3.21. The molecule has 0 atom stereocenters. The van der Waals surface area contributed by atoms with Gasteiger partial charge >= 0.3 is 0 Å². The van der Waals surface area contributed by atoms with E-state index in [4.69, 9.17) is 10.5 Å². The zero-order chi connectivity index (χ0) is 21.7. The van der Waals surface area contributed by atoms with Gasteiger partial charge in [-0.3, -0.25) is 9.59 Å². The largest absolute Gasteiger partial charge is 0.485 e. The van der Waals surface area contributed by atoms with Crippen molar-refractivity contribution in [2.45, 2.75) is 39.5 Å². The number of rotatable bonds is 9. The Hall–Kier alpha value is -3.23. The van der Waals surface area contributed by atoms with E-state index >= 15 is 0 Å². The van der Waals surface area contributed by atoms with Gasteiger partial charge in [0.1, 0.15) is 12.4 Å². The van der Waals surface area contributed by atoms with Crippen molar-refractivity contribution in [1.82, 2.24) is 9.97 Å². The summed E-state index contributed by atoms with van der Waals surface area (Å²) in [6.45, 7) is 3.65. The Morgan fingerprint density at radius 2 is 2.07 bits per heavy atom. The number of nitrogens with two attached hydrogens (primary N) is 1. The zero-order valence-corrected chi connectivity index (χ0v) is 16.9. The minimum absolute atomic E-state index is 0.000776. The van der Waals surface area contributed by atoms with E-state index in [2.05, 4.69) is 20.6 Å². The maximum absolute atomic E-state index is 14.2. The van der Waals surface area contributed by atoms with E-state index in [1.807, 2.05) is 13.0 Å². The van der Waals surface area contributed by atoms with Crippen LogP contribution in [0.15, 0.2) is 24.4 Å². The summed E-state index contributed by atoms with van der Waals surface area (Å²) in [6, 6.07) is 5.94. The molecule has 1 heterocycles. The third kappa shape index (κ3) is 5.22. The highest BCUT2D eigenvalue weighted by Crippen LogP contribution is 2.36. The molecule has 0 unspecified atom stereocenters. The Bertz CT molecular complexity index is 937. The normalized spacial score (nSPS) is 14.5. The van der Waals surface area contributed by atoms with E-state index in [0.717, 1.165) is 18.2 Å². The molecule has 30 heavy (non-hydrogen) atoms. The third-order valence-electron chi connectivity index (χ3n) is 4.76. The van der Waals surface area contributed by atoms with Crippen molar-refractivity contribution in [3.05, 3.63) is 47.7 Å². The number of primary amides is 1. The van der Waals surface area contributed by atoms with E-state index in [1.54, 1.807) is 19.1 Å². The van der Waals surface area contributed by atoms with Crippen LogP contribution >= 0.6 is 0 Å². The van der Waals surface area contributed by atoms with Crippen molar-refractivity contribution in [2.75, 3.05) is 17.2 Å². The number of ketones is 1. The summed E-state index contributed by atoms with van der Waals surface area (Å²) in [6.07, 6.45) is 3.37. The number of halogens is 1. The van der Waals surface area contributed by atoms with Crippen molar-refractivity contribution in [1.29, 1.82) is 0 Å². The van der Waals surface area contributed by atoms with Crippen molar-refractivity contribution < 1.29 is 18.7 Å². The Morgan fingerprint density at radius 1 is 1.27 bits per heavy atom. The van der Waals surface area contributed by atoms with Gasteiger partial charge in [0.15, 0.2) is 17.4 Å². The van der Waals surface area contributed by atoms with E-state index in [-0.39, 0.29) is 24.2 Å². The first kappa shape index (κ1) is 21.5. The van der Waals surface area contributed by atoms with Gasteiger partial charge in [-0.15, -0.1) is 0 Å². The SMILES string of the molecule is CCC(=O)COc1cc(Nc2ncc(F)c(N[C]3CCC[C]3C(N)=O)n2)ccc1C. The number of aromatic nitrogens is 2. The first-order valence-electron chi connectivity index (χ1n) is 9.71. The fourth-order valence-corrected chi connectivity index (χ4v) is 3.03. The molecule has 1 amide bonds. The summed E-state index contributed by atoms with van der Waals surface area (Å²) in [5.41, 5.74) is 6.88. The van der Waals surface area contributed by atoms with Crippen LogP contribution in [0.1, 0.15) is 38.2 Å². The maximum atomic E-state index is 14.2. The molecule has 2 aromatic rings. The predicted molar refractivity (Wildman–Crippen MR) is 110 cm³/mol. The lowest BCUT2D eigenvalue weighted by atomic mass is 10.0. The summed E-state index contributed by atoms with van der Waals surface area (Å²) in [5, 5.41) is 5.88. The summed E-state index contributed by atoms with van der Waals surface area (Å²) >= 11 is 0. The molecule has 2 radical (unpaired) electrons. The first-order valence-corrected chi connectivity index (χ1v) is 9.71. The molecule has 0 bridgehead atoms. The van der Waals surface area contributed by atoms with Crippen LogP contribution in [0.3, 0.4) is 0 Å². The number of hydrogen-bond acceptors (Lipinski definition) is 7. The highest BCUT2D eigenvalue weighted by Gasteiger charge is 2.34. The first-order chi connectivity index (χ1) is 14.4. The third-order valence-corrected chi connectivity index (χ3v) is 4.76. The lowest BCUT2D eigenvalue weighted by Crippen LogP contribution is -2.27. The second-order valence-corrected chi connectivity index (χ2v) is 6.98. The monoisotopic (exact) mass is 413 g/mol. The van der Waals surface area contributed by atoms with Crippen molar-refractivity contribution in [3.8, 4) is 5.75 Å². The average molecular weight is 413 g/mol. The number of anilines is 3. The fraction of sp³-hybridized carbons (Fsp3) is 0.333. The summed E-state index contributed by atoms with van der Waals surface area (Å²) < 4.78 is 19.8. The van der Waals surface area contributed by atoms with E-state index in [1.165, 1.54) is 0 Å². The number of benzene rings is 1. The molecule has 4 N–H and O–H groups in total. The minimum atomic E-state index is -0.644. The maximum Gasteiger partial charge on any atom is 0.229 e. The lowest BCUT2D eigenvalue weighted by Gasteiger charge is -2.18.